The maximum absolute atomic E-state index is 12.4. The van der Waals surface area contributed by atoms with Crippen molar-refractivity contribution in [3.8, 4) is 0 Å². The Morgan fingerprint density at radius 3 is 2.88 bits per heavy atom. The van der Waals surface area contributed by atoms with Gasteiger partial charge in [0.2, 0.25) is 0 Å². The molecule has 2 atom stereocenters. The summed E-state index contributed by atoms with van der Waals surface area (Å²) in [7, 11) is 0. The third-order valence-corrected chi connectivity index (χ3v) is 5.98. The first-order chi connectivity index (χ1) is 12.0. The Kier molecular flexibility index (Phi) is 5.01. The van der Waals surface area contributed by atoms with Crippen molar-refractivity contribution in [1.29, 1.82) is 0 Å². The number of nitrogens with one attached hydrogen (secondary N) is 1. The first kappa shape index (κ1) is 17.8. The van der Waals surface area contributed by atoms with Gasteiger partial charge in [-0.1, -0.05) is 25.4 Å². The van der Waals surface area contributed by atoms with Crippen LogP contribution < -0.4 is 5.32 Å². The SMILES string of the molecule is CCC(CC)c1cc(CNC(=O)N2C[C@@H]3CCC[C@@]3(C(=O)O)C2)on1. The highest BCUT2D eigenvalue weighted by Crippen LogP contribution is 2.48. The average Bonchev–Trinajstić information content (AvgIpc) is 3.28. The molecular formula is C18H27N3O4. The minimum atomic E-state index is -0.768. The number of aromatic nitrogens is 1. The van der Waals surface area contributed by atoms with E-state index in [-0.39, 0.29) is 18.5 Å². The molecule has 1 aromatic heterocycles. The molecule has 0 bridgehead atoms. The largest absolute Gasteiger partial charge is 0.481 e. The number of likely N-dealkylation sites (tertiary alicyclic amines) is 1. The van der Waals surface area contributed by atoms with Crippen molar-refractivity contribution in [2.75, 3.05) is 13.1 Å². The number of amides is 2. The van der Waals surface area contributed by atoms with Gasteiger partial charge in [-0.15, -0.1) is 0 Å². The first-order valence-electron chi connectivity index (χ1n) is 9.21. The topological polar surface area (TPSA) is 95.7 Å². The number of aliphatic carboxylic acids is 1. The van der Waals surface area contributed by atoms with Crippen LogP contribution in [0.5, 0.6) is 0 Å². The molecule has 7 heteroatoms. The number of carboxylic acids is 1. The van der Waals surface area contributed by atoms with Gasteiger partial charge in [-0.25, -0.2) is 4.79 Å². The van der Waals surface area contributed by atoms with Crippen LogP contribution in [0.1, 0.15) is 63.3 Å². The van der Waals surface area contributed by atoms with Crippen LogP contribution in [0, 0.1) is 11.3 Å². The molecule has 2 amide bonds. The summed E-state index contributed by atoms with van der Waals surface area (Å²) in [6.45, 7) is 5.33. The number of carbonyl (C=O) groups excluding carboxylic acids is 1. The van der Waals surface area contributed by atoms with Gasteiger partial charge in [0.15, 0.2) is 5.76 Å². The monoisotopic (exact) mass is 349 g/mol. The van der Waals surface area contributed by atoms with Gasteiger partial charge in [-0.05, 0) is 31.6 Å². The van der Waals surface area contributed by atoms with Crippen LogP contribution in [0.3, 0.4) is 0 Å². The molecule has 0 unspecified atom stereocenters. The fourth-order valence-electron chi connectivity index (χ4n) is 4.38. The maximum Gasteiger partial charge on any atom is 0.317 e. The zero-order valence-electron chi connectivity index (χ0n) is 15.0. The molecule has 1 aliphatic heterocycles. The number of carboxylic acid groups (broad SMARTS) is 1. The summed E-state index contributed by atoms with van der Waals surface area (Å²) in [4.78, 5) is 25.8. The van der Waals surface area contributed by atoms with Crippen molar-refractivity contribution in [1.82, 2.24) is 15.4 Å². The second-order valence-corrected chi connectivity index (χ2v) is 7.32. The van der Waals surface area contributed by atoms with E-state index >= 15 is 0 Å². The number of urea groups is 1. The second kappa shape index (κ2) is 7.06. The van der Waals surface area contributed by atoms with Gasteiger partial charge in [0, 0.05) is 25.1 Å². The number of hydrogen-bond acceptors (Lipinski definition) is 4. The van der Waals surface area contributed by atoms with Crippen LogP contribution in [0.2, 0.25) is 0 Å². The summed E-state index contributed by atoms with van der Waals surface area (Å²) >= 11 is 0. The molecule has 138 valence electrons. The lowest BCUT2D eigenvalue weighted by atomic mass is 9.81. The van der Waals surface area contributed by atoms with E-state index in [1.165, 1.54) is 0 Å². The highest BCUT2D eigenvalue weighted by molar-refractivity contribution is 5.80. The van der Waals surface area contributed by atoms with Crippen LogP contribution in [0.15, 0.2) is 10.6 Å². The van der Waals surface area contributed by atoms with Gasteiger partial charge in [0.25, 0.3) is 0 Å². The summed E-state index contributed by atoms with van der Waals surface area (Å²) in [6, 6.07) is 1.67. The second-order valence-electron chi connectivity index (χ2n) is 7.32. The lowest BCUT2D eigenvalue weighted by molar-refractivity contribution is -0.149. The predicted octanol–water partition coefficient (Wildman–Crippen LogP) is 2.97. The van der Waals surface area contributed by atoms with E-state index in [0.29, 0.717) is 31.2 Å². The maximum atomic E-state index is 12.4. The Hall–Kier alpha value is -2.05. The summed E-state index contributed by atoms with van der Waals surface area (Å²) in [6.07, 6.45) is 4.49. The van der Waals surface area contributed by atoms with Crippen molar-refractivity contribution in [3.63, 3.8) is 0 Å². The van der Waals surface area contributed by atoms with Crippen molar-refractivity contribution in [2.24, 2.45) is 11.3 Å². The molecule has 0 aromatic carbocycles. The minimum absolute atomic E-state index is 0.0718. The highest BCUT2D eigenvalue weighted by Gasteiger charge is 2.55. The Balaban J connectivity index is 1.56. The Labute approximate surface area is 147 Å². The van der Waals surface area contributed by atoms with Crippen LogP contribution in [0.25, 0.3) is 0 Å². The molecular weight excluding hydrogens is 322 g/mol. The predicted molar refractivity (Wildman–Crippen MR) is 91.0 cm³/mol. The number of nitrogens with zero attached hydrogens (tertiary/aromatic N) is 2. The van der Waals surface area contributed by atoms with Crippen LogP contribution in [-0.2, 0) is 11.3 Å². The van der Waals surface area contributed by atoms with Gasteiger partial charge in [-0.2, -0.15) is 0 Å². The summed E-state index contributed by atoms with van der Waals surface area (Å²) in [5, 5.41) is 16.5. The molecule has 1 aliphatic carbocycles. The van der Waals surface area contributed by atoms with Gasteiger partial charge in [0.1, 0.15) is 0 Å². The minimum Gasteiger partial charge on any atom is -0.481 e. The number of carbonyl (C=O) groups is 2. The summed E-state index contributed by atoms with van der Waals surface area (Å²) in [5.41, 5.74) is 0.182. The van der Waals surface area contributed by atoms with Crippen LogP contribution in [-0.4, -0.2) is 40.3 Å². The van der Waals surface area contributed by atoms with Crippen LogP contribution in [0.4, 0.5) is 4.79 Å². The average molecular weight is 349 g/mol. The molecule has 0 radical (unpaired) electrons. The molecule has 25 heavy (non-hydrogen) atoms. The molecule has 2 aliphatic rings. The van der Waals surface area contributed by atoms with E-state index in [9.17, 15) is 14.7 Å². The number of hydrogen-bond donors (Lipinski definition) is 2. The van der Waals surface area contributed by atoms with E-state index in [4.69, 9.17) is 4.52 Å². The van der Waals surface area contributed by atoms with E-state index in [1.807, 2.05) is 6.07 Å². The van der Waals surface area contributed by atoms with Crippen molar-refractivity contribution in [2.45, 2.75) is 58.4 Å². The van der Waals surface area contributed by atoms with E-state index in [2.05, 4.69) is 24.3 Å². The van der Waals surface area contributed by atoms with E-state index in [0.717, 1.165) is 31.4 Å². The Morgan fingerprint density at radius 1 is 1.48 bits per heavy atom. The molecule has 2 N–H and O–H groups in total. The van der Waals surface area contributed by atoms with Gasteiger partial charge < -0.3 is 19.8 Å². The zero-order valence-corrected chi connectivity index (χ0v) is 15.0. The Bertz CT molecular complexity index is 640. The van der Waals surface area contributed by atoms with Gasteiger partial charge >= 0.3 is 12.0 Å². The molecule has 2 fully saturated rings. The molecule has 3 rings (SSSR count). The fourth-order valence-corrected chi connectivity index (χ4v) is 4.38. The van der Waals surface area contributed by atoms with Crippen LogP contribution >= 0.6 is 0 Å². The molecule has 7 nitrogen and oxygen atoms in total. The van der Waals surface area contributed by atoms with E-state index in [1.54, 1.807) is 4.90 Å². The zero-order chi connectivity index (χ0) is 18.0. The molecule has 1 aromatic rings. The van der Waals surface area contributed by atoms with Gasteiger partial charge in [-0.3, -0.25) is 4.79 Å². The highest BCUT2D eigenvalue weighted by atomic mass is 16.5. The lowest BCUT2D eigenvalue weighted by Gasteiger charge is -2.23. The number of fused-ring (bicyclic) bond motifs is 1. The standard InChI is InChI=1S/C18H27N3O4/c1-3-12(4-2)15-8-14(25-20-15)9-19-17(24)21-10-13-6-5-7-18(13,11-21)16(22)23/h8,12-13H,3-7,9-11H2,1-2H3,(H,19,24)(H,22,23)/t13-,18+/m0/s1. The molecule has 0 spiro atoms. The third kappa shape index (κ3) is 3.24. The van der Waals surface area contributed by atoms with Crippen molar-refractivity contribution < 1.29 is 19.2 Å². The Morgan fingerprint density at radius 2 is 2.24 bits per heavy atom. The fraction of sp³-hybridized carbons (Fsp3) is 0.722. The van der Waals surface area contributed by atoms with Crippen molar-refractivity contribution >= 4 is 12.0 Å². The first-order valence-corrected chi connectivity index (χ1v) is 9.21. The quantitative estimate of drug-likeness (QED) is 0.823. The lowest BCUT2D eigenvalue weighted by Crippen LogP contribution is -2.41. The smallest absolute Gasteiger partial charge is 0.317 e. The third-order valence-electron chi connectivity index (χ3n) is 5.98. The van der Waals surface area contributed by atoms with E-state index < -0.39 is 11.4 Å². The molecule has 1 saturated heterocycles. The summed E-state index contributed by atoms with van der Waals surface area (Å²) in [5.74, 6) is 0.307. The summed E-state index contributed by atoms with van der Waals surface area (Å²) < 4.78 is 5.32. The molecule has 2 heterocycles. The molecule has 1 saturated carbocycles. The normalized spacial score (nSPS) is 25.4. The van der Waals surface area contributed by atoms with Crippen molar-refractivity contribution in [3.05, 3.63) is 17.5 Å². The van der Waals surface area contributed by atoms with Gasteiger partial charge in [0.05, 0.1) is 17.7 Å². The number of rotatable bonds is 6.